The zero-order valence-corrected chi connectivity index (χ0v) is 15.4. The fourth-order valence-corrected chi connectivity index (χ4v) is 3.36. The van der Waals surface area contributed by atoms with E-state index in [0.717, 1.165) is 29.0 Å². The van der Waals surface area contributed by atoms with Crippen molar-refractivity contribution < 1.29 is 9.53 Å². The van der Waals surface area contributed by atoms with E-state index in [9.17, 15) is 4.79 Å². The van der Waals surface area contributed by atoms with Crippen molar-refractivity contribution in [2.45, 2.75) is 13.3 Å². The van der Waals surface area contributed by atoms with Crippen molar-refractivity contribution >= 4 is 34.6 Å². The number of benzene rings is 2. The predicted molar refractivity (Wildman–Crippen MR) is 109 cm³/mol. The van der Waals surface area contributed by atoms with E-state index in [1.54, 1.807) is 6.08 Å². The van der Waals surface area contributed by atoms with Gasteiger partial charge in [-0.3, -0.25) is 4.79 Å². The van der Waals surface area contributed by atoms with Crippen molar-refractivity contribution in [1.29, 1.82) is 0 Å². The second-order valence-electron chi connectivity index (χ2n) is 5.60. The van der Waals surface area contributed by atoms with Crippen molar-refractivity contribution in [2.24, 2.45) is 4.99 Å². The number of thioether (sulfide) groups is 1. The number of nitrogens with zero attached hydrogens (tertiary/aromatic N) is 1. The van der Waals surface area contributed by atoms with E-state index in [4.69, 9.17) is 4.74 Å². The minimum Gasteiger partial charge on any atom is -0.489 e. The Balaban J connectivity index is 1.85. The molecule has 5 heteroatoms. The van der Waals surface area contributed by atoms with Crippen molar-refractivity contribution in [1.82, 2.24) is 5.32 Å². The van der Waals surface area contributed by atoms with Crippen LogP contribution in [0.15, 0.2) is 71.1 Å². The number of nitrogens with one attached hydrogen (secondary N) is 1. The van der Waals surface area contributed by atoms with Gasteiger partial charge in [0.2, 0.25) is 0 Å². The Kier molecular flexibility index (Phi) is 5.92. The third-order valence-corrected chi connectivity index (χ3v) is 4.72. The van der Waals surface area contributed by atoms with Gasteiger partial charge in [0, 0.05) is 5.56 Å². The number of hydrogen-bond donors (Lipinski definition) is 1. The third-order valence-electron chi connectivity index (χ3n) is 3.81. The molecule has 3 rings (SSSR count). The summed E-state index contributed by atoms with van der Waals surface area (Å²) >= 11 is 1.33. The molecule has 0 aliphatic carbocycles. The van der Waals surface area contributed by atoms with Gasteiger partial charge in [-0.2, -0.15) is 0 Å². The lowest BCUT2D eigenvalue weighted by atomic mass is 10.1. The molecule has 0 spiro atoms. The van der Waals surface area contributed by atoms with Crippen LogP contribution in [0.2, 0.25) is 0 Å². The molecule has 1 saturated heterocycles. The van der Waals surface area contributed by atoms with Gasteiger partial charge < -0.3 is 10.1 Å². The highest BCUT2D eigenvalue weighted by atomic mass is 32.2. The average Bonchev–Trinajstić information content (AvgIpc) is 3.00. The van der Waals surface area contributed by atoms with Gasteiger partial charge >= 0.3 is 0 Å². The molecule has 132 valence electrons. The molecule has 4 nitrogen and oxygen atoms in total. The molecule has 2 aromatic carbocycles. The van der Waals surface area contributed by atoms with Gasteiger partial charge in [0.25, 0.3) is 5.91 Å². The number of ether oxygens (including phenoxy) is 1. The van der Waals surface area contributed by atoms with E-state index in [1.165, 1.54) is 11.8 Å². The van der Waals surface area contributed by atoms with E-state index >= 15 is 0 Å². The molecule has 1 aliphatic rings. The first-order valence-electron chi connectivity index (χ1n) is 8.41. The van der Waals surface area contributed by atoms with Crippen LogP contribution in [-0.4, -0.2) is 17.7 Å². The van der Waals surface area contributed by atoms with Gasteiger partial charge in [-0.25, -0.2) is 4.99 Å². The molecule has 26 heavy (non-hydrogen) atoms. The van der Waals surface area contributed by atoms with Crippen LogP contribution in [0.25, 0.3) is 6.08 Å². The maximum atomic E-state index is 12.3. The van der Waals surface area contributed by atoms with E-state index in [-0.39, 0.29) is 5.91 Å². The first-order chi connectivity index (χ1) is 12.7. The number of para-hydroxylation sites is 2. The molecule has 1 heterocycles. The van der Waals surface area contributed by atoms with E-state index in [2.05, 4.69) is 23.8 Å². The minimum absolute atomic E-state index is 0.152. The summed E-state index contributed by atoms with van der Waals surface area (Å²) in [4.78, 5) is 17.5. The first-order valence-corrected chi connectivity index (χ1v) is 9.23. The molecule has 0 unspecified atom stereocenters. The lowest BCUT2D eigenvalue weighted by Gasteiger charge is -2.06. The fourth-order valence-electron chi connectivity index (χ4n) is 2.53. The largest absolute Gasteiger partial charge is 0.489 e. The summed E-state index contributed by atoms with van der Waals surface area (Å²) in [6.45, 7) is 6.17. The van der Waals surface area contributed by atoms with E-state index in [1.807, 2.05) is 54.6 Å². The number of rotatable bonds is 6. The molecular weight excluding hydrogens is 344 g/mol. The fraction of sp³-hybridized carbons (Fsp3) is 0.143. The Morgan fingerprint density at radius 1 is 1.19 bits per heavy atom. The molecule has 1 N–H and O–H groups in total. The van der Waals surface area contributed by atoms with Gasteiger partial charge in [0.1, 0.15) is 12.4 Å². The maximum Gasteiger partial charge on any atom is 0.264 e. The molecule has 0 atom stereocenters. The summed E-state index contributed by atoms with van der Waals surface area (Å²) in [5.74, 6) is 0.566. The minimum atomic E-state index is -0.152. The molecule has 1 fully saturated rings. The van der Waals surface area contributed by atoms with E-state index in [0.29, 0.717) is 16.7 Å². The Morgan fingerprint density at radius 2 is 1.96 bits per heavy atom. The van der Waals surface area contributed by atoms with Crippen LogP contribution < -0.4 is 10.1 Å². The van der Waals surface area contributed by atoms with Gasteiger partial charge in [-0.1, -0.05) is 56.0 Å². The standard InChI is InChI=1S/C21H20N2O2S/c1-3-13-25-18-12-8-6-10-16(18)14-19-20(24)23-21(26-19)22-17-11-7-5-9-15(17)4-2/h3,5-12,14H,1,4,13H2,2H3,(H,22,23,24). The second kappa shape index (κ2) is 8.54. The van der Waals surface area contributed by atoms with Crippen LogP contribution in [0.3, 0.4) is 0 Å². The molecule has 2 aromatic rings. The molecule has 1 aliphatic heterocycles. The number of aryl methyl sites for hydroxylation is 1. The average molecular weight is 364 g/mol. The van der Waals surface area contributed by atoms with Gasteiger partial charge in [-0.05, 0) is 42.0 Å². The highest BCUT2D eigenvalue weighted by molar-refractivity contribution is 8.18. The Hall–Kier alpha value is -2.79. The van der Waals surface area contributed by atoms with Crippen LogP contribution >= 0.6 is 11.8 Å². The summed E-state index contributed by atoms with van der Waals surface area (Å²) in [6, 6.07) is 15.6. The predicted octanol–water partition coefficient (Wildman–Crippen LogP) is 4.71. The molecule has 0 radical (unpaired) electrons. The number of aliphatic imine (C=N–C) groups is 1. The smallest absolute Gasteiger partial charge is 0.264 e. The third kappa shape index (κ3) is 4.24. The van der Waals surface area contributed by atoms with Gasteiger partial charge in [0.05, 0.1) is 10.6 Å². The molecule has 0 bridgehead atoms. The lowest BCUT2D eigenvalue weighted by Crippen LogP contribution is -2.19. The summed E-state index contributed by atoms with van der Waals surface area (Å²) in [5.41, 5.74) is 2.88. The monoisotopic (exact) mass is 364 g/mol. The van der Waals surface area contributed by atoms with E-state index < -0.39 is 0 Å². The summed E-state index contributed by atoms with van der Waals surface area (Å²) < 4.78 is 5.65. The van der Waals surface area contributed by atoms with Gasteiger partial charge in [-0.15, -0.1) is 0 Å². The normalized spacial score (nSPS) is 16.7. The first kappa shape index (κ1) is 18.0. The van der Waals surface area contributed by atoms with Crippen LogP contribution in [-0.2, 0) is 11.2 Å². The van der Waals surface area contributed by atoms with Crippen molar-refractivity contribution in [3.05, 3.63) is 77.2 Å². The topological polar surface area (TPSA) is 50.7 Å². The number of amidine groups is 1. The Labute approximate surface area is 157 Å². The summed E-state index contributed by atoms with van der Waals surface area (Å²) in [5, 5.41) is 3.42. The number of carbonyl (C=O) groups is 1. The van der Waals surface area contributed by atoms with Crippen molar-refractivity contribution in [3.63, 3.8) is 0 Å². The quantitative estimate of drug-likeness (QED) is 0.597. The van der Waals surface area contributed by atoms with Crippen molar-refractivity contribution in [3.8, 4) is 5.75 Å². The maximum absolute atomic E-state index is 12.3. The molecule has 1 amide bonds. The highest BCUT2D eigenvalue weighted by Gasteiger charge is 2.24. The van der Waals surface area contributed by atoms with Crippen LogP contribution in [0.4, 0.5) is 5.69 Å². The van der Waals surface area contributed by atoms with Crippen molar-refractivity contribution in [2.75, 3.05) is 6.61 Å². The Bertz CT molecular complexity index is 887. The zero-order chi connectivity index (χ0) is 18.4. The summed E-state index contributed by atoms with van der Waals surface area (Å²) in [7, 11) is 0. The van der Waals surface area contributed by atoms with Crippen LogP contribution in [0.1, 0.15) is 18.1 Å². The molecular formula is C21H20N2O2S. The second-order valence-corrected chi connectivity index (χ2v) is 6.63. The number of carbonyl (C=O) groups excluding carboxylic acids is 1. The number of hydrogen-bond acceptors (Lipinski definition) is 4. The molecule has 0 aromatic heterocycles. The highest BCUT2D eigenvalue weighted by Crippen LogP contribution is 2.31. The lowest BCUT2D eigenvalue weighted by molar-refractivity contribution is -0.115. The van der Waals surface area contributed by atoms with Crippen LogP contribution in [0.5, 0.6) is 5.75 Å². The molecule has 0 saturated carbocycles. The zero-order valence-electron chi connectivity index (χ0n) is 14.6. The van der Waals surface area contributed by atoms with Gasteiger partial charge in [0.15, 0.2) is 5.17 Å². The SMILES string of the molecule is C=CCOc1ccccc1C=C1SC(=Nc2ccccc2CC)NC1=O. The summed E-state index contributed by atoms with van der Waals surface area (Å²) in [6.07, 6.45) is 4.41. The van der Waals surface area contributed by atoms with Crippen LogP contribution in [0, 0.1) is 0 Å². The number of amides is 1. The Morgan fingerprint density at radius 3 is 2.77 bits per heavy atom.